The molecule has 0 atom stereocenters. The molecule has 0 saturated carbocycles. The lowest BCUT2D eigenvalue weighted by Gasteiger charge is -2.37. The number of ether oxygens (including phenoxy) is 1. The molecule has 2 fully saturated rings. The van der Waals surface area contributed by atoms with Crippen LogP contribution in [0.3, 0.4) is 0 Å². The van der Waals surface area contributed by atoms with Crippen molar-refractivity contribution in [3.8, 4) is 0 Å². The van der Waals surface area contributed by atoms with E-state index in [1.54, 1.807) is 0 Å². The number of hydrogen-bond acceptors (Lipinski definition) is 3. The second-order valence-electron chi connectivity index (χ2n) is 6.44. The van der Waals surface area contributed by atoms with Crippen molar-refractivity contribution in [2.75, 3.05) is 39.4 Å². The Morgan fingerprint density at radius 3 is 2.09 bits per heavy atom. The first-order valence-electron chi connectivity index (χ1n) is 8.80. The van der Waals surface area contributed by atoms with E-state index < -0.39 is 0 Å². The zero-order valence-electron chi connectivity index (χ0n) is 14.1. The van der Waals surface area contributed by atoms with Gasteiger partial charge in [-0.3, -0.25) is 9.59 Å². The number of carbonyl (C=O) groups excluding carboxylic acids is 2. The van der Waals surface area contributed by atoms with Crippen molar-refractivity contribution >= 4 is 11.8 Å². The highest BCUT2D eigenvalue weighted by Crippen LogP contribution is 2.24. The molecular weight excluding hydrogens is 280 g/mol. The number of rotatable bonds is 5. The van der Waals surface area contributed by atoms with Gasteiger partial charge in [0.1, 0.15) is 0 Å². The van der Waals surface area contributed by atoms with Gasteiger partial charge < -0.3 is 14.5 Å². The molecule has 2 aliphatic heterocycles. The molecule has 0 aliphatic carbocycles. The van der Waals surface area contributed by atoms with Crippen LogP contribution in [0.15, 0.2) is 0 Å². The van der Waals surface area contributed by atoms with Crippen molar-refractivity contribution < 1.29 is 14.3 Å². The third-order valence-corrected chi connectivity index (χ3v) is 4.98. The zero-order chi connectivity index (χ0) is 15.9. The minimum atomic E-state index is 0.115. The first-order chi connectivity index (χ1) is 10.7. The molecule has 0 spiro atoms. The van der Waals surface area contributed by atoms with E-state index in [0.29, 0.717) is 18.2 Å². The Morgan fingerprint density at radius 2 is 1.55 bits per heavy atom. The maximum Gasteiger partial charge on any atom is 0.225 e. The van der Waals surface area contributed by atoms with E-state index in [9.17, 15) is 9.59 Å². The quantitative estimate of drug-likeness (QED) is 0.779. The fourth-order valence-corrected chi connectivity index (χ4v) is 3.46. The van der Waals surface area contributed by atoms with Gasteiger partial charge in [-0.05, 0) is 38.5 Å². The monoisotopic (exact) mass is 310 g/mol. The van der Waals surface area contributed by atoms with Crippen LogP contribution in [-0.4, -0.2) is 61.0 Å². The van der Waals surface area contributed by atoms with Crippen LogP contribution in [0.1, 0.15) is 46.0 Å². The molecular formula is C17H30N2O3. The molecule has 5 heteroatoms. The topological polar surface area (TPSA) is 49.9 Å². The summed E-state index contributed by atoms with van der Waals surface area (Å²) in [5, 5.41) is 0. The van der Waals surface area contributed by atoms with Crippen LogP contribution in [0.5, 0.6) is 0 Å². The van der Waals surface area contributed by atoms with Crippen LogP contribution >= 0.6 is 0 Å². The summed E-state index contributed by atoms with van der Waals surface area (Å²) in [6, 6.07) is 0. The molecule has 0 aromatic heterocycles. The molecule has 2 heterocycles. The third kappa shape index (κ3) is 4.45. The van der Waals surface area contributed by atoms with E-state index in [4.69, 9.17) is 4.74 Å². The van der Waals surface area contributed by atoms with Gasteiger partial charge in [-0.1, -0.05) is 6.92 Å². The predicted octanol–water partition coefficient (Wildman–Crippen LogP) is 1.91. The molecule has 2 rings (SSSR count). The standard InChI is InChI=1S/C17H30N2O3/c1-3-16(20)18-11-7-15(8-12-18)17(21)19-9-5-14(6-10-19)13-22-4-2/h14-15H,3-13H2,1-2H3. The maximum atomic E-state index is 12.6. The second-order valence-corrected chi connectivity index (χ2v) is 6.44. The van der Waals surface area contributed by atoms with Crippen LogP contribution in [0, 0.1) is 11.8 Å². The molecule has 0 unspecified atom stereocenters. The molecule has 0 aromatic rings. The smallest absolute Gasteiger partial charge is 0.225 e. The average molecular weight is 310 g/mol. The van der Waals surface area contributed by atoms with E-state index >= 15 is 0 Å². The van der Waals surface area contributed by atoms with E-state index in [2.05, 4.69) is 0 Å². The fourth-order valence-electron chi connectivity index (χ4n) is 3.46. The molecule has 2 aliphatic rings. The summed E-state index contributed by atoms with van der Waals surface area (Å²) in [7, 11) is 0. The Kier molecular flexibility index (Phi) is 6.68. The first kappa shape index (κ1) is 17.3. The Bertz CT molecular complexity index is 370. The second kappa shape index (κ2) is 8.51. The minimum absolute atomic E-state index is 0.115. The lowest BCUT2D eigenvalue weighted by Crippen LogP contribution is -2.46. The summed E-state index contributed by atoms with van der Waals surface area (Å²) in [4.78, 5) is 28.2. The van der Waals surface area contributed by atoms with Gasteiger partial charge >= 0.3 is 0 Å². The van der Waals surface area contributed by atoms with Crippen molar-refractivity contribution in [1.29, 1.82) is 0 Å². The number of amides is 2. The lowest BCUT2D eigenvalue weighted by molar-refractivity contribution is -0.141. The van der Waals surface area contributed by atoms with Crippen molar-refractivity contribution in [3.05, 3.63) is 0 Å². The van der Waals surface area contributed by atoms with Gasteiger partial charge in [-0.2, -0.15) is 0 Å². The molecule has 22 heavy (non-hydrogen) atoms. The molecule has 2 amide bonds. The van der Waals surface area contributed by atoms with Crippen molar-refractivity contribution in [1.82, 2.24) is 9.80 Å². The lowest BCUT2D eigenvalue weighted by atomic mass is 9.92. The van der Waals surface area contributed by atoms with Crippen molar-refractivity contribution in [3.63, 3.8) is 0 Å². The first-order valence-corrected chi connectivity index (χ1v) is 8.80. The zero-order valence-corrected chi connectivity index (χ0v) is 14.1. The largest absolute Gasteiger partial charge is 0.381 e. The van der Waals surface area contributed by atoms with E-state index in [1.807, 2.05) is 23.6 Å². The highest BCUT2D eigenvalue weighted by molar-refractivity contribution is 5.80. The summed E-state index contributed by atoms with van der Waals surface area (Å²) >= 11 is 0. The molecule has 0 aromatic carbocycles. The van der Waals surface area contributed by atoms with Crippen LogP contribution in [0.25, 0.3) is 0 Å². The van der Waals surface area contributed by atoms with Crippen LogP contribution in [0.2, 0.25) is 0 Å². The van der Waals surface area contributed by atoms with Crippen molar-refractivity contribution in [2.45, 2.75) is 46.0 Å². The van der Waals surface area contributed by atoms with E-state index in [1.165, 1.54) is 0 Å². The third-order valence-electron chi connectivity index (χ3n) is 4.98. The highest BCUT2D eigenvalue weighted by Gasteiger charge is 2.31. The Labute approximate surface area is 134 Å². The summed E-state index contributed by atoms with van der Waals surface area (Å²) in [5.41, 5.74) is 0. The van der Waals surface area contributed by atoms with Gasteiger partial charge in [0.05, 0.1) is 0 Å². The molecule has 0 bridgehead atoms. The molecule has 2 saturated heterocycles. The Morgan fingerprint density at radius 1 is 0.955 bits per heavy atom. The van der Waals surface area contributed by atoms with Gasteiger partial charge in [0, 0.05) is 51.7 Å². The Hall–Kier alpha value is -1.10. The van der Waals surface area contributed by atoms with Gasteiger partial charge in [-0.15, -0.1) is 0 Å². The Balaban J connectivity index is 1.73. The van der Waals surface area contributed by atoms with Crippen LogP contribution < -0.4 is 0 Å². The van der Waals surface area contributed by atoms with E-state index in [0.717, 1.165) is 65.1 Å². The summed E-state index contributed by atoms with van der Waals surface area (Å²) in [5.74, 6) is 1.23. The summed E-state index contributed by atoms with van der Waals surface area (Å²) in [6.45, 7) is 8.73. The molecule has 0 radical (unpaired) electrons. The predicted molar refractivity (Wildman–Crippen MR) is 85.4 cm³/mol. The summed E-state index contributed by atoms with van der Waals surface area (Å²) < 4.78 is 5.49. The van der Waals surface area contributed by atoms with Gasteiger partial charge in [0.2, 0.25) is 11.8 Å². The summed E-state index contributed by atoms with van der Waals surface area (Å²) in [6.07, 6.45) is 4.32. The molecule has 0 N–H and O–H groups in total. The van der Waals surface area contributed by atoms with Crippen LogP contribution in [0.4, 0.5) is 0 Å². The number of piperidine rings is 2. The number of hydrogen-bond donors (Lipinski definition) is 0. The fraction of sp³-hybridized carbons (Fsp3) is 0.882. The minimum Gasteiger partial charge on any atom is -0.381 e. The van der Waals surface area contributed by atoms with Gasteiger partial charge in [0.25, 0.3) is 0 Å². The van der Waals surface area contributed by atoms with Gasteiger partial charge in [0.15, 0.2) is 0 Å². The average Bonchev–Trinajstić information content (AvgIpc) is 2.59. The molecule has 5 nitrogen and oxygen atoms in total. The van der Waals surface area contributed by atoms with E-state index in [-0.39, 0.29) is 11.8 Å². The van der Waals surface area contributed by atoms with Crippen molar-refractivity contribution in [2.24, 2.45) is 11.8 Å². The number of nitrogens with zero attached hydrogens (tertiary/aromatic N) is 2. The molecule has 126 valence electrons. The van der Waals surface area contributed by atoms with Gasteiger partial charge in [-0.25, -0.2) is 0 Å². The maximum absolute atomic E-state index is 12.6. The van der Waals surface area contributed by atoms with Crippen LogP contribution in [-0.2, 0) is 14.3 Å². The number of likely N-dealkylation sites (tertiary alicyclic amines) is 2. The normalized spacial score (nSPS) is 21.2. The SMILES string of the molecule is CCOCC1CCN(C(=O)C2CCN(C(=O)CC)CC2)CC1. The number of carbonyl (C=O) groups is 2. The highest BCUT2D eigenvalue weighted by atomic mass is 16.5.